The van der Waals surface area contributed by atoms with E-state index in [9.17, 15) is 0 Å². The molecule has 1 rings (SSSR count). The molecule has 1 fully saturated rings. The molecule has 0 aliphatic heterocycles. The topological polar surface area (TPSA) is 21.3 Å². The second-order valence-electron chi connectivity index (χ2n) is 4.61. The fourth-order valence-corrected chi connectivity index (χ4v) is 2.91. The van der Waals surface area contributed by atoms with E-state index in [0.29, 0.717) is 12.1 Å². The Hall–Kier alpha value is -0.0800. The van der Waals surface area contributed by atoms with Crippen LogP contribution >= 0.6 is 0 Å². The maximum atomic E-state index is 5.83. The van der Waals surface area contributed by atoms with Crippen molar-refractivity contribution in [1.29, 1.82) is 0 Å². The third kappa shape index (κ3) is 3.76. The number of rotatable bonds is 6. The third-order valence-corrected chi connectivity index (χ3v) is 3.67. The van der Waals surface area contributed by atoms with Crippen LogP contribution in [0, 0.1) is 5.92 Å². The molecule has 0 amide bonds. The van der Waals surface area contributed by atoms with Crippen molar-refractivity contribution < 1.29 is 4.74 Å². The molecule has 2 nitrogen and oxygen atoms in total. The van der Waals surface area contributed by atoms with Gasteiger partial charge in [0.1, 0.15) is 0 Å². The van der Waals surface area contributed by atoms with E-state index < -0.39 is 0 Å². The summed E-state index contributed by atoms with van der Waals surface area (Å²) in [5, 5.41) is 3.48. The van der Waals surface area contributed by atoms with Crippen LogP contribution in [0.4, 0.5) is 0 Å². The average molecular weight is 213 g/mol. The summed E-state index contributed by atoms with van der Waals surface area (Å²) in [6, 6.07) is 0.565. The molecule has 0 aromatic heterocycles. The Morgan fingerprint density at radius 1 is 1.20 bits per heavy atom. The number of ether oxygens (including phenoxy) is 1. The lowest BCUT2D eigenvalue weighted by Gasteiger charge is -2.35. The lowest BCUT2D eigenvalue weighted by atomic mass is 9.81. The Kier molecular flexibility index (Phi) is 6.26. The van der Waals surface area contributed by atoms with Crippen LogP contribution in [-0.2, 0) is 4.74 Å². The van der Waals surface area contributed by atoms with Gasteiger partial charge in [-0.1, -0.05) is 26.2 Å². The molecule has 0 saturated heterocycles. The summed E-state index contributed by atoms with van der Waals surface area (Å²) < 4.78 is 5.83. The van der Waals surface area contributed by atoms with E-state index in [0.717, 1.165) is 18.9 Å². The summed E-state index contributed by atoms with van der Waals surface area (Å²) in [5.74, 6) is 0.834. The molecule has 0 heterocycles. The van der Waals surface area contributed by atoms with Gasteiger partial charge in [0, 0.05) is 12.6 Å². The zero-order valence-corrected chi connectivity index (χ0v) is 10.6. The number of hydrogen-bond donors (Lipinski definition) is 1. The van der Waals surface area contributed by atoms with Crippen molar-refractivity contribution in [1.82, 2.24) is 5.32 Å². The first-order valence-electron chi connectivity index (χ1n) is 6.62. The fourth-order valence-electron chi connectivity index (χ4n) is 2.91. The van der Waals surface area contributed by atoms with Crippen LogP contribution in [0.15, 0.2) is 0 Å². The molecule has 90 valence electrons. The highest BCUT2D eigenvalue weighted by molar-refractivity contribution is 4.84. The highest BCUT2D eigenvalue weighted by atomic mass is 16.5. The summed E-state index contributed by atoms with van der Waals surface area (Å²) in [5.41, 5.74) is 0. The Morgan fingerprint density at radius 3 is 2.33 bits per heavy atom. The first kappa shape index (κ1) is 13.0. The molecule has 15 heavy (non-hydrogen) atoms. The maximum absolute atomic E-state index is 5.83. The van der Waals surface area contributed by atoms with Crippen LogP contribution in [0.1, 0.15) is 52.4 Å². The Morgan fingerprint density at radius 2 is 1.87 bits per heavy atom. The second-order valence-corrected chi connectivity index (χ2v) is 4.61. The standard InChI is InChI=1S/C13H27NO/c1-4-12(15-5-2)13(14-3)11-9-7-6-8-10-11/h11-14H,4-10H2,1-3H3. The first-order chi connectivity index (χ1) is 7.33. The molecule has 1 N–H and O–H groups in total. The molecule has 1 aliphatic carbocycles. The summed E-state index contributed by atoms with van der Waals surface area (Å²) in [6.45, 7) is 5.16. The smallest absolute Gasteiger partial charge is 0.0727 e. The molecule has 2 unspecified atom stereocenters. The van der Waals surface area contributed by atoms with Gasteiger partial charge in [0.25, 0.3) is 0 Å². The van der Waals surface area contributed by atoms with Crippen molar-refractivity contribution in [2.75, 3.05) is 13.7 Å². The molecule has 1 saturated carbocycles. The highest BCUT2D eigenvalue weighted by Crippen LogP contribution is 2.29. The largest absolute Gasteiger partial charge is 0.377 e. The molecular weight excluding hydrogens is 186 g/mol. The minimum atomic E-state index is 0.406. The normalized spacial score (nSPS) is 22.6. The molecule has 0 radical (unpaired) electrons. The molecule has 0 spiro atoms. The summed E-state index contributed by atoms with van der Waals surface area (Å²) in [4.78, 5) is 0. The molecule has 2 heteroatoms. The Bertz CT molecular complexity index is 150. The monoisotopic (exact) mass is 213 g/mol. The van der Waals surface area contributed by atoms with E-state index in [1.54, 1.807) is 0 Å². The lowest BCUT2D eigenvalue weighted by Crippen LogP contribution is -2.45. The molecule has 1 aliphatic rings. The average Bonchev–Trinajstić information content (AvgIpc) is 2.30. The van der Waals surface area contributed by atoms with Gasteiger partial charge in [-0.25, -0.2) is 0 Å². The lowest BCUT2D eigenvalue weighted by molar-refractivity contribution is 0.0116. The van der Waals surface area contributed by atoms with Gasteiger partial charge >= 0.3 is 0 Å². The van der Waals surface area contributed by atoms with Crippen LogP contribution in [0.3, 0.4) is 0 Å². The fraction of sp³-hybridized carbons (Fsp3) is 1.00. The minimum Gasteiger partial charge on any atom is -0.377 e. The van der Waals surface area contributed by atoms with Crippen LogP contribution in [0.5, 0.6) is 0 Å². The number of hydrogen-bond acceptors (Lipinski definition) is 2. The Labute approximate surface area is 94.8 Å². The van der Waals surface area contributed by atoms with E-state index in [1.807, 2.05) is 0 Å². The van der Waals surface area contributed by atoms with Gasteiger partial charge in [-0.15, -0.1) is 0 Å². The summed E-state index contributed by atoms with van der Waals surface area (Å²) in [6.07, 6.45) is 8.54. The van der Waals surface area contributed by atoms with Gasteiger partial charge in [0.2, 0.25) is 0 Å². The van der Waals surface area contributed by atoms with Crippen molar-refractivity contribution >= 4 is 0 Å². The van der Waals surface area contributed by atoms with Crippen LogP contribution in [0.25, 0.3) is 0 Å². The first-order valence-corrected chi connectivity index (χ1v) is 6.62. The number of likely N-dealkylation sites (N-methyl/N-ethyl adjacent to an activating group) is 1. The summed E-state index contributed by atoms with van der Waals surface area (Å²) >= 11 is 0. The number of nitrogens with one attached hydrogen (secondary N) is 1. The Balaban J connectivity index is 2.50. The second kappa shape index (κ2) is 7.24. The molecular formula is C13H27NO. The molecule has 0 bridgehead atoms. The molecule has 0 aromatic rings. The van der Waals surface area contributed by atoms with Gasteiger partial charge in [-0.05, 0) is 39.2 Å². The van der Waals surface area contributed by atoms with Gasteiger partial charge in [-0.3, -0.25) is 0 Å². The highest BCUT2D eigenvalue weighted by Gasteiger charge is 2.28. The third-order valence-electron chi connectivity index (χ3n) is 3.67. The van der Waals surface area contributed by atoms with E-state index >= 15 is 0 Å². The van der Waals surface area contributed by atoms with E-state index in [4.69, 9.17) is 4.74 Å². The molecule has 0 aromatic carbocycles. The van der Waals surface area contributed by atoms with Crippen molar-refractivity contribution in [3.8, 4) is 0 Å². The van der Waals surface area contributed by atoms with Gasteiger partial charge in [0.05, 0.1) is 6.10 Å². The van der Waals surface area contributed by atoms with Crippen molar-refractivity contribution in [2.24, 2.45) is 5.92 Å². The van der Waals surface area contributed by atoms with E-state index in [2.05, 4.69) is 26.2 Å². The van der Waals surface area contributed by atoms with Crippen molar-refractivity contribution in [3.05, 3.63) is 0 Å². The predicted molar refractivity (Wildman–Crippen MR) is 65.1 cm³/mol. The van der Waals surface area contributed by atoms with E-state index in [-0.39, 0.29) is 0 Å². The SMILES string of the molecule is CCOC(CC)C(NC)C1CCCCC1. The zero-order chi connectivity index (χ0) is 11.1. The van der Waals surface area contributed by atoms with E-state index in [1.165, 1.54) is 32.1 Å². The molecule has 2 atom stereocenters. The van der Waals surface area contributed by atoms with Crippen LogP contribution in [0.2, 0.25) is 0 Å². The maximum Gasteiger partial charge on any atom is 0.0727 e. The minimum absolute atomic E-state index is 0.406. The van der Waals surface area contributed by atoms with Gasteiger partial charge < -0.3 is 10.1 Å². The quantitative estimate of drug-likeness (QED) is 0.732. The zero-order valence-electron chi connectivity index (χ0n) is 10.6. The van der Waals surface area contributed by atoms with Crippen LogP contribution in [-0.4, -0.2) is 25.8 Å². The van der Waals surface area contributed by atoms with Gasteiger partial charge in [-0.2, -0.15) is 0 Å². The predicted octanol–water partition coefficient (Wildman–Crippen LogP) is 2.97. The van der Waals surface area contributed by atoms with Crippen molar-refractivity contribution in [3.63, 3.8) is 0 Å². The summed E-state index contributed by atoms with van der Waals surface area (Å²) in [7, 11) is 2.08. The van der Waals surface area contributed by atoms with Crippen molar-refractivity contribution in [2.45, 2.75) is 64.5 Å². The van der Waals surface area contributed by atoms with Gasteiger partial charge in [0.15, 0.2) is 0 Å². The van der Waals surface area contributed by atoms with Crippen LogP contribution < -0.4 is 5.32 Å².